The van der Waals surface area contributed by atoms with Crippen LogP contribution in [0.3, 0.4) is 0 Å². The zero-order chi connectivity index (χ0) is 16.2. The number of aliphatic hydroxyl groups excluding tert-OH is 4. The zero-order valence-corrected chi connectivity index (χ0v) is 11.0. The lowest BCUT2D eigenvalue weighted by molar-refractivity contribution is -0.140. The minimum atomic E-state index is -4.64. The minimum Gasteiger partial charge on any atom is -0.480 e. The number of phosphoric acid groups is 1. The molecular formula is C7H20NO10P. The van der Waals surface area contributed by atoms with Gasteiger partial charge in [0.1, 0.15) is 12.1 Å². The van der Waals surface area contributed by atoms with Gasteiger partial charge in [-0.1, -0.05) is 0 Å². The SMILES string of the molecule is C[C@@H](O)[C@H](N)C(=O)O.O=P(O)(O)O.OCC(O)CO. The first kappa shape index (κ1) is 23.5. The van der Waals surface area contributed by atoms with E-state index in [2.05, 4.69) is 0 Å². The van der Waals surface area contributed by atoms with Crippen molar-refractivity contribution in [2.75, 3.05) is 13.2 Å². The quantitative estimate of drug-likeness (QED) is 0.229. The molecule has 12 heteroatoms. The summed E-state index contributed by atoms with van der Waals surface area (Å²) in [5, 5.41) is 40.6. The molecule has 118 valence electrons. The fourth-order valence-corrected chi connectivity index (χ4v) is 0.264. The summed E-state index contributed by atoms with van der Waals surface area (Å²) in [6, 6.07) is -1.16. The van der Waals surface area contributed by atoms with Crippen molar-refractivity contribution in [3.05, 3.63) is 0 Å². The molecule has 0 aromatic carbocycles. The monoisotopic (exact) mass is 309 g/mol. The van der Waals surface area contributed by atoms with Gasteiger partial charge >= 0.3 is 13.8 Å². The van der Waals surface area contributed by atoms with Gasteiger partial charge in [0.2, 0.25) is 0 Å². The molecule has 10 N–H and O–H groups in total. The van der Waals surface area contributed by atoms with Gasteiger partial charge in [-0.25, -0.2) is 4.57 Å². The van der Waals surface area contributed by atoms with Gasteiger partial charge in [0.25, 0.3) is 0 Å². The van der Waals surface area contributed by atoms with E-state index in [9.17, 15) is 4.79 Å². The Labute approximate surface area is 108 Å². The van der Waals surface area contributed by atoms with Crippen molar-refractivity contribution in [2.24, 2.45) is 5.73 Å². The summed E-state index contributed by atoms with van der Waals surface area (Å²) < 4.78 is 8.88. The van der Waals surface area contributed by atoms with Gasteiger partial charge in [-0.2, -0.15) is 0 Å². The number of aliphatic carboxylic acids is 1. The van der Waals surface area contributed by atoms with Crippen molar-refractivity contribution < 1.29 is 49.6 Å². The van der Waals surface area contributed by atoms with E-state index in [1.54, 1.807) is 0 Å². The zero-order valence-electron chi connectivity index (χ0n) is 10.1. The molecule has 0 aliphatic carbocycles. The molecule has 0 aromatic rings. The number of aliphatic hydroxyl groups is 4. The van der Waals surface area contributed by atoms with Crippen LogP contribution in [0.5, 0.6) is 0 Å². The van der Waals surface area contributed by atoms with Gasteiger partial charge in [-0.15, -0.1) is 0 Å². The molecular weight excluding hydrogens is 289 g/mol. The summed E-state index contributed by atoms with van der Waals surface area (Å²) in [5.74, 6) is -1.18. The maximum absolute atomic E-state index is 9.86. The molecule has 0 aliphatic heterocycles. The molecule has 0 spiro atoms. The Morgan fingerprint density at radius 1 is 1.16 bits per heavy atom. The van der Waals surface area contributed by atoms with E-state index in [1.807, 2.05) is 0 Å². The summed E-state index contributed by atoms with van der Waals surface area (Å²) in [7, 11) is -4.64. The summed E-state index contributed by atoms with van der Waals surface area (Å²) in [5.41, 5.74) is 4.91. The van der Waals surface area contributed by atoms with Gasteiger partial charge in [0.05, 0.1) is 19.3 Å². The minimum absolute atomic E-state index is 0.365. The number of carbonyl (C=O) groups is 1. The van der Waals surface area contributed by atoms with Gasteiger partial charge < -0.3 is 45.9 Å². The Bertz CT molecular complexity index is 254. The topological polar surface area (TPSA) is 222 Å². The highest BCUT2D eigenvalue weighted by atomic mass is 31.2. The van der Waals surface area contributed by atoms with Gasteiger partial charge in [0.15, 0.2) is 0 Å². The predicted molar refractivity (Wildman–Crippen MR) is 61.7 cm³/mol. The van der Waals surface area contributed by atoms with Crippen molar-refractivity contribution >= 4 is 13.8 Å². The van der Waals surface area contributed by atoms with Crippen molar-refractivity contribution in [3.63, 3.8) is 0 Å². The highest BCUT2D eigenvalue weighted by Crippen LogP contribution is 2.25. The molecule has 0 saturated heterocycles. The number of hydrogen-bond acceptors (Lipinski definition) is 7. The van der Waals surface area contributed by atoms with Crippen LogP contribution < -0.4 is 5.73 Å². The molecule has 0 heterocycles. The number of nitrogens with two attached hydrogens (primary N) is 1. The van der Waals surface area contributed by atoms with Crippen LogP contribution in [0.15, 0.2) is 0 Å². The molecule has 0 rings (SSSR count). The lowest BCUT2D eigenvalue weighted by Crippen LogP contribution is -2.39. The van der Waals surface area contributed by atoms with E-state index in [4.69, 9.17) is 50.5 Å². The number of rotatable bonds is 4. The molecule has 0 fully saturated rings. The van der Waals surface area contributed by atoms with E-state index in [1.165, 1.54) is 6.92 Å². The first-order valence-corrected chi connectivity index (χ1v) is 6.27. The predicted octanol–water partition coefficient (Wildman–Crippen LogP) is -3.82. The van der Waals surface area contributed by atoms with Gasteiger partial charge in [0, 0.05) is 0 Å². The fraction of sp³-hybridized carbons (Fsp3) is 0.857. The molecule has 0 saturated carbocycles. The van der Waals surface area contributed by atoms with Crippen LogP contribution in [0.25, 0.3) is 0 Å². The molecule has 0 unspecified atom stereocenters. The molecule has 0 aliphatic rings. The second-order valence-corrected chi connectivity index (χ2v) is 4.16. The Morgan fingerprint density at radius 2 is 1.42 bits per heavy atom. The van der Waals surface area contributed by atoms with Gasteiger partial charge in [-0.3, -0.25) is 4.79 Å². The van der Waals surface area contributed by atoms with Crippen molar-refractivity contribution in [1.29, 1.82) is 0 Å². The molecule has 2 atom stereocenters. The lowest BCUT2D eigenvalue weighted by atomic mass is 10.2. The maximum Gasteiger partial charge on any atom is 0.466 e. The third-order valence-electron chi connectivity index (χ3n) is 1.23. The lowest BCUT2D eigenvalue weighted by Gasteiger charge is -2.06. The largest absolute Gasteiger partial charge is 0.480 e. The average molecular weight is 309 g/mol. The third-order valence-corrected chi connectivity index (χ3v) is 1.23. The maximum atomic E-state index is 9.86. The smallest absolute Gasteiger partial charge is 0.466 e. The summed E-state index contributed by atoms with van der Waals surface area (Å²) in [6.07, 6.45) is -1.93. The van der Waals surface area contributed by atoms with E-state index in [0.29, 0.717) is 0 Å². The Morgan fingerprint density at radius 3 is 1.42 bits per heavy atom. The first-order valence-electron chi connectivity index (χ1n) is 4.71. The Hall–Kier alpha value is -0.620. The Balaban J connectivity index is -0.000000209. The number of carboxylic acids is 1. The van der Waals surface area contributed by atoms with Crippen LogP contribution in [-0.2, 0) is 9.36 Å². The van der Waals surface area contributed by atoms with E-state index in [0.717, 1.165) is 0 Å². The second-order valence-electron chi connectivity index (χ2n) is 3.14. The van der Waals surface area contributed by atoms with Crippen LogP contribution in [-0.4, -0.2) is 77.6 Å². The molecule has 0 amide bonds. The molecule has 19 heavy (non-hydrogen) atoms. The number of carboxylic acid groups (broad SMARTS) is 1. The van der Waals surface area contributed by atoms with Crippen LogP contribution in [0.2, 0.25) is 0 Å². The third kappa shape index (κ3) is 31.7. The molecule has 0 bridgehead atoms. The standard InChI is InChI=1S/C4H9NO3.C3H8O3.H3O4P/c1-2(6)3(5)4(7)8;4-1-3(6)2-5;1-5(2,3)4/h2-3,6H,5H2,1H3,(H,7,8);3-6H,1-2H2;(H3,1,2,3,4)/t2-,3+;;/m1../s1. The molecule has 11 nitrogen and oxygen atoms in total. The first-order chi connectivity index (χ1) is 8.36. The van der Waals surface area contributed by atoms with Crippen molar-refractivity contribution in [2.45, 2.75) is 25.2 Å². The van der Waals surface area contributed by atoms with Crippen LogP contribution >= 0.6 is 7.82 Å². The normalized spacial score (nSPS) is 13.6. The summed E-state index contributed by atoms with van der Waals surface area (Å²) in [6.45, 7) is 0.603. The molecule has 0 aromatic heterocycles. The van der Waals surface area contributed by atoms with Crippen molar-refractivity contribution in [3.8, 4) is 0 Å². The van der Waals surface area contributed by atoms with Crippen molar-refractivity contribution in [1.82, 2.24) is 0 Å². The second kappa shape index (κ2) is 12.4. The van der Waals surface area contributed by atoms with Crippen LogP contribution in [0, 0.1) is 0 Å². The summed E-state index contributed by atoms with van der Waals surface area (Å²) >= 11 is 0. The average Bonchev–Trinajstić information content (AvgIpc) is 2.25. The van der Waals surface area contributed by atoms with E-state index < -0.39 is 32.0 Å². The Kier molecular flexibility index (Phi) is 15.3. The summed E-state index contributed by atoms with van der Waals surface area (Å²) in [4.78, 5) is 31.4. The number of hydrogen-bond donors (Lipinski definition) is 9. The highest BCUT2D eigenvalue weighted by molar-refractivity contribution is 7.45. The van der Waals surface area contributed by atoms with E-state index in [-0.39, 0.29) is 13.2 Å². The fourth-order valence-electron chi connectivity index (χ4n) is 0.264. The van der Waals surface area contributed by atoms with E-state index >= 15 is 0 Å². The van der Waals surface area contributed by atoms with Crippen LogP contribution in [0.4, 0.5) is 0 Å². The van der Waals surface area contributed by atoms with Gasteiger partial charge in [-0.05, 0) is 6.92 Å². The highest BCUT2D eigenvalue weighted by Gasteiger charge is 2.16. The van der Waals surface area contributed by atoms with Crippen LogP contribution in [0.1, 0.15) is 6.92 Å². The molecule has 0 radical (unpaired) electrons.